The largest absolute Gasteiger partial charge is 0.497 e. The van der Waals surface area contributed by atoms with E-state index in [1.54, 1.807) is 7.11 Å². The SMILES string of the molecule is COc1ccc(NC(=O)N2Cc3ccccc3-n3cccc3C2c2ccccc2C)cc1. The molecule has 5 heteroatoms. The van der Waals surface area contributed by atoms with Gasteiger partial charge >= 0.3 is 6.03 Å². The van der Waals surface area contributed by atoms with Gasteiger partial charge in [0.05, 0.1) is 19.3 Å². The van der Waals surface area contributed by atoms with Gasteiger partial charge in [0, 0.05) is 17.6 Å². The zero-order chi connectivity index (χ0) is 22.1. The van der Waals surface area contributed by atoms with Gasteiger partial charge in [0.25, 0.3) is 0 Å². The first kappa shape index (κ1) is 19.9. The zero-order valence-electron chi connectivity index (χ0n) is 18.2. The predicted octanol–water partition coefficient (Wildman–Crippen LogP) is 5.93. The summed E-state index contributed by atoms with van der Waals surface area (Å²) in [7, 11) is 1.63. The number of nitrogens with zero attached hydrogens (tertiary/aromatic N) is 2. The number of para-hydroxylation sites is 1. The molecule has 0 bridgehead atoms. The van der Waals surface area contributed by atoms with Crippen molar-refractivity contribution in [2.24, 2.45) is 0 Å². The second-order valence-electron chi connectivity index (χ2n) is 7.98. The second kappa shape index (κ2) is 8.27. The van der Waals surface area contributed by atoms with Gasteiger partial charge in [-0.25, -0.2) is 4.79 Å². The molecule has 5 nitrogen and oxygen atoms in total. The molecule has 4 aromatic rings. The molecule has 0 radical (unpaired) electrons. The molecule has 160 valence electrons. The van der Waals surface area contributed by atoms with E-state index in [1.165, 1.54) is 0 Å². The Kier molecular flexibility index (Phi) is 5.15. The van der Waals surface area contributed by atoms with Gasteiger partial charge < -0.3 is 19.5 Å². The molecular formula is C27H25N3O2. The van der Waals surface area contributed by atoms with Gasteiger partial charge in [-0.3, -0.25) is 0 Å². The molecule has 0 saturated heterocycles. The van der Waals surface area contributed by atoms with E-state index in [-0.39, 0.29) is 12.1 Å². The first-order chi connectivity index (χ1) is 15.7. The molecule has 2 amide bonds. The fourth-order valence-corrected chi connectivity index (χ4v) is 4.43. The third-order valence-electron chi connectivity index (χ3n) is 6.05. The summed E-state index contributed by atoms with van der Waals surface area (Å²) in [5.74, 6) is 0.752. The van der Waals surface area contributed by atoms with Crippen LogP contribution in [0.15, 0.2) is 91.1 Å². The topological polar surface area (TPSA) is 46.5 Å². The van der Waals surface area contributed by atoms with Crippen molar-refractivity contribution in [2.75, 3.05) is 12.4 Å². The summed E-state index contributed by atoms with van der Waals surface area (Å²) in [6, 6.07) is 27.7. The quantitative estimate of drug-likeness (QED) is 0.444. The number of nitrogens with one attached hydrogen (secondary N) is 1. The maximum absolute atomic E-state index is 13.7. The second-order valence-corrected chi connectivity index (χ2v) is 7.98. The van der Waals surface area contributed by atoms with E-state index in [9.17, 15) is 4.79 Å². The van der Waals surface area contributed by atoms with Crippen LogP contribution in [-0.4, -0.2) is 22.6 Å². The van der Waals surface area contributed by atoms with Gasteiger partial charge in [-0.2, -0.15) is 0 Å². The Labute approximate surface area is 187 Å². The Hall–Kier alpha value is -3.99. The average molecular weight is 424 g/mol. The minimum absolute atomic E-state index is 0.145. The number of amides is 2. The molecule has 5 rings (SSSR count). The standard InChI is InChI=1S/C27H25N3O2/c1-19-8-3-5-10-23(19)26-25-12-7-17-29(25)24-11-6-4-9-20(24)18-30(26)27(31)28-21-13-15-22(32-2)16-14-21/h3-17,26H,18H2,1-2H3,(H,28,31). The Morgan fingerprint density at radius 1 is 0.938 bits per heavy atom. The van der Waals surface area contributed by atoms with Crippen LogP contribution < -0.4 is 10.1 Å². The van der Waals surface area contributed by atoms with Gasteiger partial charge in [-0.15, -0.1) is 0 Å². The van der Waals surface area contributed by atoms with E-state index in [1.807, 2.05) is 59.5 Å². The Balaban J connectivity index is 1.61. The zero-order valence-corrected chi connectivity index (χ0v) is 18.2. The Morgan fingerprint density at radius 2 is 1.69 bits per heavy atom. The number of fused-ring (bicyclic) bond motifs is 3. The van der Waals surface area contributed by atoms with Crippen molar-refractivity contribution in [2.45, 2.75) is 19.5 Å². The van der Waals surface area contributed by atoms with Gasteiger partial charge in [0.2, 0.25) is 0 Å². The molecule has 2 heterocycles. The van der Waals surface area contributed by atoms with Crippen LogP contribution in [0.3, 0.4) is 0 Å². The normalized spacial score (nSPS) is 14.8. The minimum Gasteiger partial charge on any atom is -0.497 e. The molecule has 0 aliphatic carbocycles. The summed E-state index contributed by atoms with van der Waals surface area (Å²) in [5, 5.41) is 3.09. The molecule has 1 aliphatic rings. The average Bonchev–Trinajstić information content (AvgIpc) is 3.25. The van der Waals surface area contributed by atoms with Crippen molar-refractivity contribution in [3.8, 4) is 11.4 Å². The van der Waals surface area contributed by atoms with Gasteiger partial charge in [0.1, 0.15) is 11.8 Å². The monoisotopic (exact) mass is 423 g/mol. The molecule has 0 fully saturated rings. The molecule has 0 saturated carbocycles. The lowest BCUT2D eigenvalue weighted by Crippen LogP contribution is -2.38. The summed E-state index contributed by atoms with van der Waals surface area (Å²) < 4.78 is 7.44. The molecule has 3 aromatic carbocycles. The summed E-state index contributed by atoms with van der Waals surface area (Å²) in [6.45, 7) is 2.60. The molecule has 0 spiro atoms. The van der Waals surface area contributed by atoms with Crippen LogP contribution >= 0.6 is 0 Å². The highest BCUT2D eigenvalue weighted by Crippen LogP contribution is 2.38. The number of anilines is 1. The van der Waals surface area contributed by atoms with E-state index >= 15 is 0 Å². The molecule has 1 N–H and O–H groups in total. The maximum Gasteiger partial charge on any atom is 0.322 e. The fraction of sp³-hybridized carbons (Fsp3) is 0.148. The molecule has 1 aliphatic heterocycles. The van der Waals surface area contributed by atoms with E-state index < -0.39 is 0 Å². The van der Waals surface area contributed by atoms with E-state index in [2.05, 4.69) is 53.3 Å². The van der Waals surface area contributed by atoms with E-state index in [0.717, 1.165) is 39.5 Å². The van der Waals surface area contributed by atoms with Crippen LogP contribution in [0.25, 0.3) is 5.69 Å². The molecular weight excluding hydrogens is 398 g/mol. The van der Waals surface area contributed by atoms with Crippen molar-refractivity contribution in [1.29, 1.82) is 0 Å². The first-order valence-electron chi connectivity index (χ1n) is 10.7. The smallest absolute Gasteiger partial charge is 0.322 e. The van der Waals surface area contributed by atoms with Crippen LogP contribution in [-0.2, 0) is 6.54 Å². The number of rotatable bonds is 3. The minimum atomic E-state index is -0.225. The van der Waals surface area contributed by atoms with Crippen LogP contribution in [0.1, 0.15) is 28.4 Å². The number of methoxy groups -OCH3 is 1. The van der Waals surface area contributed by atoms with E-state index in [0.29, 0.717) is 6.54 Å². The van der Waals surface area contributed by atoms with Crippen molar-refractivity contribution in [1.82, 2.24) is 9.47 Å². The number of aryl methyl sites for hydroxylation is 1. The fourth-order valence-electron chi connectivity index (χ4n) is 4.43. The number of aromatic nitrogens is 1. The Morgan fingerprint density at radius 3 is 2.47 bits per heavy atom. The van der Waals surface area contributed by atoms with Crippen LogP contribution in [0.4, 0.5) is 10.5 Å². The third-order valence-corrected chi connectivity index (χ3v) is 6.05. The lowest BCUT2D eigenvalue weighted by atomic mass is 9.97. The summed E-state index contributed by atoms with van der Waals surface area (Å²) in [4.78, 5) is 15.6. The van der Waals surface area contributed by atoms with Gasteiger partial charge in [-0.1, -0.05) is 42.5 Å². The van der Waals surface area contributed by atoms with Crippen LogP contribution in [0.2, 0.25) is 0 Å². The number of carbonyl (C=O) groups excluding carboxylic acids is 1. The number of carbonyl (C=O) groups is 1. The highest BCUT2D eigenvalue weighted by molar-refractivity contribution is 5.90. The van der Waals surface area contributed by atoms with Crippen molar-refractivity contribution in [3.05, 3.63) is 114 Å². The van der Waals surface area contributed by atoms with Crippen molar-refractivity contribution in [3.63, 3.8) is 0 Å². The van der Waals surface area contributed by atoms with Crippen LogP contribution in [0.5, 0.6) is 5.75 Å². The van der Waals surface area contributed by atoms with Gasteiger partial charge in [0.15, 0.2) is 0 Å². The number of hydrogen-bond acceptors (Lipinski definition) is 2. The molecule has 1 aromatic heterocycles. The molecule has 32 heavy (non-hydrogen) atoms. The van der Waals surface area contributed by atoms with E-state index in [4.69, 9.17) is 4.74 Å². The third kappa shape index (κ3) is 3.52. The van der Waals surface area contributed by atoms with Crippen molar-refractivity contribution < 1.29 is 9.53 Å². The molecule has 1 atom stereocenters. The van der Waals surface area contributed by atoms with Crippen molar-refractivity contribution >= 4 is 11.7 Å². The summed E-state index contributed by atoms with van der Waals surface area (Å²) in [6.07, 6.45) is 2.07. The number of benzene rings is 3. The number of urea groups is 1. The van der Waals surface area contributed by atoms with Crippen LogP contribution in [0, 0.1) is 6.92 Å². The lowest BCUT2D eigenvalue weighted by Gasteiger charge is -2.32. The predicted molar refractivity (Wildman–Crippen MR) is 126 cm³/mol. The van der Waals surface area contributed by atoms with Gasteiger partial charge in [-0.05, 0) is 66.1 Å². The number of hydrogen-bond donors (Lipinski definition) is 1. The lowest BCUT2D eigenvalue weighted by molar-refractivity contribution is 0.194. The first-order valence-corrected chi connectivity index (χ1v) is 10.7. The Bertz CT molecular complexity index is 1260. The highest BCUT2D eigenvalue weighted by atomic mass is 16.5. The summed E-state index contributed by atoms with van der Waals surface area (Å²) >= 11 is 0. The maximum atomic E-state index is 13.7. The number of ether oxygens (including phenoxy) is 1. The highest BCUT2D eigenvalue weighted by Gasteiger charge is 2.33. The molecule has 1 unspecified atom stereocenters. The summed E-state index contributed by atoms with van der Waals surface area (Å²) in [5.41, 5.74) is 6.27.